The van der Waals surface area contributed by atoms with Crippen molar-refractivity contribution in [2.45, 2.75) is 18.6 Å². The van der Waals surface area contributed by atoms with E-state index in [9.17, 15) is 9.36 Å². The van der Waals surface area contributed by atoms with Crippen molar-refractivity contribution in [3.8, 4) is 11.5 Å². The summed E-state index contributed by atoms with van der Waals surface area (Å²) in [5, 5.41) is 0.166. The molecule has 1 fully saturated rings. The van der Waals surface area contributed by atoms with Gasteiger partial charge in [-0.1, -0.05) is 48.2 Å². The van der Waals surface area contributed by atoms with Crippen LogP contribution in [0.25, 0.3) is 0 Å². The highest BCUT2D eigenvalue weighted by Crippen LogP contribution is 2.54. The Kier molecular flexibility index (Phi) is 5.84. The largest absolute Gasteiger partial charge is 0.515 e. The fraction of sp³-hybridized carbons (Fsp3) is 0.278. The molecule has 7 heteroatoms. The van der Waals surface area contributed by atoms with Crippen molar-refractivity contribution in [1.29, 1.82) is 0 Å². The third-order valence-electron chi connectivity index (χ3n) is 3.73. The molecule has 1 aliphatic heterocycles. The predicted molar refractivity (Wildman–Crippen MR) is 100.0 cm³/mol. The molecule has 1 atom stereocenters. The van der Waals surface area contributed by atoms with Crippen LogP contribution in [0, 0.1) is 0 Å². The van der Waals surface area contributed by atoms with Gasteiger partial charge in [0.05, 0.1) is 0 Å². The van der Waals surface area contributed by atoms with E-state index in [2.05, 4.69) is 0 Å². The Morgan fingerprint density at radius 2 is 1.56 bits per heavy atom. The average molecular weight is 377 g/mol. The molecule has 0 radical (unpaired) electrons. The van der Waals surface area contributed by atoms with Crippen LogP contribution in [0.3, 0.4) is 0 Å². The lowest BCUT2D eigenvalue weighted by Gasteiger charge is -2.27. The minimum Gasteiger partial charge on any atom is -0.404 e. The number of rotatable bonds is 6. The smallest absolute Gasteiger partial charge is 0.404 e. The van der Waals surface area contributed by atoms with Crippen molar-refractivity contribution in [3.05, 3.63) is 60.7 Å². The molecule has 3 rings (SSSR count). The summed E-state index contributed by atoms with van der Waals surface area (Å²) >= 11 is 1.28. The Morgan fingerprint density at radius 1 is 1.04 bits per heavy atom. The Balaban J connectivity index is 1.81. The molecule has 0 saturated carbocycles. The van der Waals surface area contributed by atoms with E-state index in [1.807, 2.05) is 36.4 Å². The number of carbonyl (C=O) groups excluding carboxylic acids is 1. The van der Waals surface area contributed by atoms with Gasteiger partial charge in [0.2, 0.25) is 0 Å². The first-order chi connectivity index (χ1) is 12.0. The molecule has 2 aromatic carbocycles. The van der Waals surface area contributed by atoms with Crippen molar-refractivity contribution >= 4 is 24.6 Å². The maximum atomic E-state index is 13.6. The molecule has 0 unspecified atom stereocenters. The van der Waals surface area contributed by atoms with E-state index in [-0.39, 0.29) is 10.4 Å². The topological polar surface area (TPSA) is 55.8 Å². The first-order valence-corrected chi connectivity index (χ1v) is 10.4. The molecule has 2 aromatic rings. The number of hydrogen-bond acceptors (Lipinski definition) is 5. The molecule has 1 heterocycles. The highest BCUT2D eigenvalue weighted by Gasteiger charge is 2.42. The summed E-state index contributed by atoms with van der Waals surface area (Å²) in [6, 6.07) is 18.0. The summed E-state index contributed by atoms with van der Waals surface area (Å²) in [7, 11) is -3.58. The van der Waals surface area contributed by atoms with E-state index in [4.69, 9.17) is 9.05 Å². The zero-order chi connectivity index (χ0) is 17.7. The number of thioether (sulfide) groups is 1. The Morgan fingerprint density at radius 3 is 2.04 bits per heavy atom. The maximum Gasteiger partial charge on any atom is 0.515 e. The predicted octanol–water partition coefficient (Wildman–Crippen LogP) is 4.61. The summed E-state index contributed by atoms with van der Waals surface area (Å²) in [5.41, 5.74) is 0. The standard InChI is InChI=1S/C18H20NO4PS/c1-15(20)25-18-12-13-19(14-18)24(21,22-16-8-4-2-5-9-16)23-17-10-6-3-7-11-17/h2-11,18H,12-14H2,1H3/t18-/m0/s1. The molecule has 0 N–H and O–H groups in total. The highest BCUT2D eigenvalue weighted by atomic mass is 32.2. The van der Waals surface area contributed by atoms with Crippen molar-refractivity contribution in [3.63, 3.8) is 0 Å². The van der Waals surface area contributed by atoms with E-state index in [0.29, 0.717) is 24.6 Å². The summed E-state index contributed by atoms with van der Waals surface area (Å²) in [4.78, 5) is 11.4. The van der Waals surface area contributed by atoms with Gasteiger partial charge in [-0.3, -0.25) is 4.79 Å². The van der Waals surface area contributed by atoms with Gasteiger partial charge in [-0.25, -0.2) is 4.57 Å². The monoisotopic (exact) mass is 377 g/mol. The second kappa shape index (κ2) is 8.09. The van der Waals surface area contributed by atoms with Crippen molar-refractivity contribution in [1.82, 2.24) is 4.67 Å². The van der Waals surface area contributed by atoms with Gasteiger partial charge in [0.15, 0.2) is 5.12 Å². The van der Waals surface area contributed by atoms with E-state index < -0.39 is 7.75 Å². The van der Waals surface area contributed by atoms with Gasteiger partial charge < -0.3 is 9.05 Å². The fourth-order valence-corrected chi connectivity index (χ4v) is 5.49. The molecule has 0 bridgehead atoms. The van der Waals surface area contributed by atoms with Gasteiger partial charge in [-0.2, -0.15) is 4.67 Å². The molecule has 0 amide bonds. The van der Waals surface area contributed by atoms with Crippen LogP contribution in [-0.4, -0.2) is 28.1 Å². The van der Waals surface area contributed by atoms with Gasteiger partial charge in [-0.05, 0) is 30.7 Å². The van der Waals surface area contributed by atoms with Crippen LogP contribution in [0.2, 0.25) is 0 Å². The quantitative estimate of drug-likeness (QED) is 0.686. The van der Waals surface area contributed by atoms with Gasteiger partial charge in [0.25, 0.3) is 0 Å². The maximum absolute atomic E-state index is 13.6. The molecule has 1 aliphatic rings. The van der Waals surface area contributed by atoms with Gasteiger partial charge in [-0.15, -0.1) is 0 Å². The molecule has 5 nitrogen and oxygen atoms in total. The van der Waals surface area contributed by atoms with Crippen LogP contribution < -0.4 is 9.05 Å². The first-order valence-electron chi connectivity index (χ1n) is 8.07. The lowest BCUT2D eigenvalue weighted by molar-refractivity contribution is -0.109. The highest BCUT2D eigenvalue weighted by molar-refractivity contribution is 8.14. The summed E-state index contributed by atoms with van der Waals surface area (Å²) < 4.78 is 26.9. The van der Waals surface area contributed by atoms with E-state index in [1.165, 1.54) is 11.8 Å². The van der Waals surface area contributed by atoms with Crippen LogP contribution in [0.1, 0.15) is 13.3 Å². The molecule has 25 heavy (non-hydrogen) atoms. The lowest BCUT2D eigenvalue weighted by atomic mass is 10.3. The summed E-state index contributed by atoms with van der Waals surface area (Å²) in [6.45, 7) is 2.59. The van der Waals surface area contributed by atoms with E-state index in [0.717, 1.165) is 6.42 Å². The average Bonchev–Trinajstić information content (AvgIpc) is 3.05. The molecule has 0 aromatic heterocycles. The van der Waals surface area contributed by atoms with Crippen LogP contribution in [0.5, 0.6) is 11.5 Å². The fourth-order valence-electron chi connectivity index (χ4n) is 2.63. The van der Waals surface area contributed by atoms with Gasteiger partial charge in [0.1, 0.15) is 11.5 Å². The second-order valence-electron chi connectivity index (χ2n) is 5.71. The van der Waals surface area contributed by atoms with Crippen LogP contribution in [0.4, 0.5) is 0 Å². The zero-order valence-corrected chi connectivity index (χ0v) is 15.6. The number of para-hydroxylation sites is 2. The van der Waals surface area contributed by atoms with E-state index in [1.54, 1.807) is 35.9 Å². The molecule has 132 valence electrons. The van der Waals surface area contributed by atoms with Crippen LogP contribution in [0.15, 0.2) is 60.7 Å². The van der Waals surface area contributed by atoms with Crippen molar-refractivity contribution in [2.75, 3.05) is 13.1 Å². The SMILES string of the molecule is CC(=O)S[C@H]1CCN(P(=O)(Oc2ccccc2)Oc2ccccc2)C1. The summed E-state index contributed by atoms with van der Waals surface area (Å²) in [6.07, 6.45) is 0.768. The lowest BCUT2D eigenvalue weighted by Crippen LogP contribution is -2.24. The number of benzene rings is 2. The first kappa shape index (κ1) is 18.1. The van der Waals surface area contributed by atoms with E-state index >= 15 is 0 Å². The van der Waals surface area contributed by atoms with Crippen molar-refractivity contribution < 1.29 is 18.4 Å². The molecule has 0 aliphatic carbocycles. The third-order valence-corrected chi connectivity index (χ3v) is 6.72. The number of nitrogens with zero attached hydrogens (tertiary/aromatic N) is 1. The number of hydrogen-bond donors (Lipinski definition) is 0. The van der Waals surface area contributed by atoms with Crippen LogP contribution >= 0.6 is 19.5 Å². The third kappa shape index (κ3) is 4.88. The molecular weight excluding hydrogens is 357 g/mol. The Labute approximate surface area is 151 Å². The molecule has 0 spiro atoms. The normalized spacial score (nSPS) is 18.0. The Bertz CT molecular complexity index is 711. The minimum absolute atomic E-state index is 0.0645. The van der Waals surface area contributed by atoms with Gasteiger partial charge >= 0.3 is 7.75 Å². The van der Waals surface area contributed by atoms with Gasteiger partial charge in [0, 0.05) is 25.3 Å². The van der Waals surface area contributed by atoms with Crippen LogP contribution in [-0.2, 0) is 9.36 Å². The summed E-state index contributed by atoms with van der Waals surface area (Å²) in [5.74, 6) is 0.980. The second-order valence-corrected chi connectivity index (χ2v) is 9.06. The molecule has 1 saturated heterocycles. The molecular formula is C18H20NO4PS. The minimum atomic E-state index is -3.58. The number of carbonyl (C=O) groups is 1. The van der Waals surface area contributed by atoms with Crippen molar-refractivity contribution in [2.24, 2.45) is 0 Å². The Hall–Kier alpha value is -1.75. The zero-order valence-electron chi connectivity index (χ0n) is 13.9.